The highest BCUT2D eigenvalue weighted by Crippen LogP contribution is 2.23. The summed E-state index contributed by atoms with van der Waals surface area (Å²) in [5.74, 6) is 0.661. The summed E-state index contributed by atoms with van der Waals surface area (Å²) in [6.07, 6.45) is 9.26. The zero-order chi connectivity index (χ0) is 20.9. The third-order valence-corrected chi connectivity index (χ3v) is 5.10. The summed E-state index contributed by atoms with van der Waals surface area (Å²) in [6.45, 7) is 7.10. The lowest BCUT2D eigenvalue weighted by molar-refractivity contribution is 0.0320. The average molecular weight is 397 g/mol. The molecule has 2 aromatic rings. The highest BCUT2D eigenvalue weighted by atomic mass is 16.5. The van der Waals surface area contributed by atoms with Gasteiger partial charge in [-0.3, -0.25) is 0 Å². The van der Waals surface area contributed by atoms with Crippen molar-refractivity contribution < 1.29 is 14.3 Å². The van der Waals surface area contributed by atoms with E-state index in [2.05, 4.69) is 26.0 Å². The smallest absolute Gasteiger partial charge is 0.338 e. The van der Waals surface area contributed by atoms with E-state index >= 15 is 0 Å². The van der Waals surface area contributed by atoms with Gasteiger partial charge < -0.3 is 9.47 Å². The fraction of sp³-hybridized carbons (Fsp3) is 0.500. The maximum absolute atomic E-state index is 12.3. The summed E-state index contributed by atoms with van der Waals surface area (Å²) in [4.78, 5) is 12.3. The molecule has 2 aromatic carbocycles. The Morgan fingerprint density at radius 2 is 1.38 bits per heavy atom. The molecule has 0 aliphatic carbocycles. The van der Waals surface area contributed by atoms with Gasteiger partial charge in [0.25, 0.3) is 0 Å². The second kappa shape index (κ2) is 13.0. The Hall–Kier alpha value is -2.29. The SMILES string of the molecule is CCCCCCCOc1ccc(-c2ccc(C(=O)O[C@H](C)CCCC)cc2)cc1. The summed E-state index contributed by atoms with van der Waals surface area (Å²) in [7, 11) is 0. The normalized spacial score (nSPS) is 11.8. The van der Waals surface area contributed by atoms with Crippen LogP contribution in [0.2, 0.25) is 0 Å². The van der Waals surface area contributed by atoms with Crippen molar-refractivity contribution in [1.82, 2.24) is 0 Å². The number of ether oxygens (including phenoxy) is 2. The maximum Gasteiger partial charge on any atom is 0.338 e. The average Bonchev–Trinajstić information content (AvgIpc) is 2.75. The molecule has 0 spiro atoms. The van der Waals surface area contributed by atoms with Crippen molar-refractivity contribution in [2.24, 2.45) is 0 Å². The van der Waals surface area contributed by atoms with Crippen LogP contribution in [0.5, 0.6) is 5.75 Å². The van der Waals surface area contributed by atoms with Crippen LogP contribution < -0.4 is 4.74 Å². The summed E-state index contributed by atoms with van der Waals surface area (Å²) in [6, 6.07) is 15.8. The number of rotatable bonds is 13. The number of hydrogen-bond donors (Lipinski definition) is 0. The van der Waals surface area contributed by atoms with Crippen molar-refractivity contribution in [1.29, 1.82) is 0 Å². The van der Waals surface area contributed by atoms with Crippen LogP contribution in [-0.4, -0.2) is 18.7 Å². The molecule has 0 bridgehead atoms. The van der Waals surface area contributed by atoms with Gasteiger partial charge in [0.2, 0.25) is 0 Å². The predicted molar refractivity (Wildman–Crippen MR) is 121 cm³/mol. The maximum atomic E-state index is 12.3. The van der Waals surface area contributed by atoms with E-state index in [1.807, 2.05) is 43.3 Å². The van der Waals surface area contributed by atoms with E-state index in [-0.39, 0.29) is 12.1 Å². The summed E-state index contributed by atoms with van der Waals surface area (Å²) in [5.41, 5.74) is 2.78. The van der Waals surface area contributed by atoms with E-state index in [0.29, 0.717) is 5.56 Å². The lowest BCUT2D eigenvalue weighted by Crippen LogP contribution is -2.14. The van der Waals surface area contributed by atoms with Gasteiger partial charge in [0.15, 0.2) is 0 Å². The Kier molecular flexibility index (Phi) is 10.3. The molecule has 3 nitrogen and oxygen atoms in total. The minimum atomic E-state index is -0.247. The number of benzene rings is 2. The predicted octanol–water partition coefficient (Wildman–Crippen LogP) is 7.44. The Morgan fingerprint density at radius 3 is 2.00 bits per heavy atom. The quantitative estimate of drug-likeness (QED) is 0.261. The Labute approximate surface area is 176 Å². The fourth-order valence-electron chi connectivity index (χ4n) is 3.24. The van der Waals surface area contributed by atoms with Gasteiger partial charge in [0.1, 0.15) is 5.75 Å². The van der Waals surface area contributed by atoms with Gasteiger partial charge in [-0.05, 0) is 55.2 Å². The van der Waals surface area contributed by atoms with E-state index in [1.165, 1.54) is 25.7 Å². The molecular formula is C26H36O3. The van der Waals surface area contributed by atoms with Crippen molar-refractivity contribution in [2.75, 3.05) is 6.61 Å². The molecule has 0 radical (unpaired) electrons. The van der Waals surface area contributed by atoms with Crippen LogP contribution in [0.4, 0.5) is 0 Å². The minimum absolute atomic E-state index is 0.0404. The van der Waals surface area contributed by atoms with Crippen LogP contribution in [0.15, 0.2) is 48.5 Å². The summed E-state index contributed by atoms with van der Waals surface area (Å²) >= 11 is 0. The number of carbonyl (C=O) groups excluding carboxylic acids is 1. The Morgan fingerprint density at radius 1 is 0.793 bits per heavy atom. The van der Waals surface area contributed by atoms with E-state index < -0.39 is 0 Å². The second-order valence-corrected chi connectivity index (χ2v) is 7.72. The van der Waals surface area contributed by atoms with Crippen LogP contribution in [0.25, 0.3) is 11.1 Å². The number of unbranched alkanes of at least 4 members (excludes halogenated alkanes) is 5. The van der Waals surface area contributed by atoms with Gasteiger partial charge in [-0.25, -0.2) is 4.79 Å². The number of carbonyl (C=O) groups is 1. The Bertz CT molecular complexity index is 704. The molecule has 1 atom stereocenters. The zero-order valence-corrected chi connectivity index (χ0v) is 18.3. The third-order valence-electron chi connectivity index (χ3n) is 5.10. The van der Waals surface area contributed by atoms with Crippen molar-refractivity contribution in [2.45, 2.75) is 78.2 Å². The lowest BCUT2D eigenvalue weighted by Gasteiger charge is -2.13. The molecule has 0 fully saturated rings. The van der Waals surface area contributed by atoms with Crippen molar-refractivity contribution in [3.05, 3.63) is 54.1 Å². The zero-order valence-electron chi connectivity index (χ0n) is 18.3. The van der Waals surface area contributed by atoms with E-state index in [9.17, 15) is 4.79 Å². The molecule has 0 aliphatic rings. The van der Waals surface area contributed by atoms with Crippen molar-refractivity contribution >= 4 is 5.97 Å². The molecule has 0 aromatic heterocycles. The first-order valence-electron chi connectivity index (χ1n) is 11.2. The second-order valence-electron chi connectivity index (χ2n) is 7.72. The molecule has 158 valence electrons. The van der Waals surface area contributed by atoms with Crippen LogP contribution in [0.1, 0.15) is 82.5 Å². The van der Waals surface area contributed by atoms with E-state index in [1.54, 1.807) is 0 Å². The third kappa shape index (κ3) is 8.31. The monoisotopic (exact) mass is 396 g/mol. The molecule has 0 heterocycles. The van der Waals surface area contributed by atoms with Gasteiger partial charge in [0.05, 0.1) is 18.3 Å². The lowest BCUT2D eigenvalue weighted by atomic mass is 10.0. The first-order valence-corrected chi connectivity index (χ1v) is 11.2. The van der Waals surface area contributed by atoms with Crippen LogP contribution in [0, 0.1) is 0 Å². The Balaban J connectivity index is 1.83. The molecule has 0 saturated heterocycles. The first-order chi connectivity index (χ1) is 14.1. The topological polar surface area (TPSA) is 35.5 Å². The standard InChI is InChI=1S/C26H36O3/c1-4-6-8-9-10-20-28-25-18-16-23(17-19-25)22-12-14-24(15-13-22)26(27)29-21(3)11-7-5-2/h12-19,21H,4-11,20H2,1-3H3/t21-/m1/s1. The number of hydrogen-bond acceptors (Lipinski definition) is 3. The molecule has 0 aliphatic heterocycles. The van der Waals surface area contributed by atoms with Gasteiger partial charge in [-0.15, -0.1) is 0 Å². The molecule has 0 amide bonds. The molecule has 0 unspecified atom stereocenters. The molecule has 3 heteroatoms. The van der Waals surface area contributed by atoms with Gasteiger partial charge in [-0.2, -0.15) is 0 Å². The molecule has 2 rings (SSSR count). The molecule has 0 N–H and O–H groups in total. The highest BCUT2D eigenvalue weighted by molar-refractivity contribution is 5.90. The largest absolute Gasteiger partial charge is 0.494 e. The molecular weight excluding hydrogens is 360 g/mol. The van der Waals surface area contributed by atoms with Crippen LogP contribution in [-0.2, 0) is 4.74 Å². The van der Waals surface area contributed by atoms with Crippen molar-refractivity contribution in [3.63, 3.8) is 0 Å². The molecule has 29 heavy (non-hydrogen) atoms. The summed E-state index contributed by atoms with van der Waals surface area (Å²) in [5, 5.41) is 0. The van der Waals surface area contributed by atoms with Crippen molar-refractivity contribution in [3.8, 4) is 16.9 Å². The minimum Gasteiger partial charge on any atom is -0.494 e. The van der Waals surface area contributed by atoms with Crippen LogP contribution in [0.3, 0.4) is 0 Å². The van der Waals surface area contributed by atoms with Gasteiger partial charge >= 0.3 is 5.97 Å². The van der Waals surface area contributed by atoms with Gasteiger partial charge in [-0.1, -0.05) is 76.6 Å². The fourth-order valence-corrected chi connectivity index (χ4v) is 3.24. The first kappa shape index (κ1) is 23.0. The summed E-state index contributed by atoms with van der Waals surface area (Å²) < 4.78 is 11.3. The van der Waals surface area contributed by atoms with Crippen LogP contribution >= 0.6 is 0 Å². The highest BCUT2D eigenvalue weighted by Gasteiger charge is 2.12. The van der Waals surface area contributed by atoms with E-state index in [4.69, 9.17) is 9.47 Å². The number of esters is 1. The molecule has 0 saturated carbocycles. The van der Waals surface area contributed by atoms with E-state index in [0.717, 1.165) is 49.2 Å². The van der Waals surface area contributed by atoms with Gasteiger partial charge in [0, 0.05) is 0 Å².